The van der Waals surface area contributed by atoms with Crippen LogP contribution in [0.3, 0.4) is 0 Å². The van der Waals surface area contributed by atoms with Crippen molar-refractivity contribution in [3.05, 3.63) is 65.1 Å². The van der Waals surface area contributed by atoms with Gasteiger partial charge in [-0.1, -0.05) is 36.8 Å². The third kappa shape index (κ3) is 3.91. The van der Waals surface area contributed by atoms with E-state index < -0.39 is 0 Å². The summed E-state index contributed by atoms with van der Waals surface area (Å²) < 4.78 is 22.8. The Labute approximate surface area is 154 Å². The van der Waals surface area contributed by atoms with Gasteiger partial charge in [-0.05, 0) is 56.6 Å². The van der Waals surface area contributed by atoms with Gasteiger partial charge in [0, 0.05) is 18.1 Å². The zero-order valence-electron chi connectivity index (χ0n) is 15.8. The summed E-state index contributed by atoms with van der Waals surface area (Å²) in [4.78, 5) is 0. The van der Waals surface area contributed by atoms with Crippen molar-refractivity contribution in [2.45, 2.75) is 39.8 Å². The third-order valence-electron chi connectivity index (χ3n) is 4.64. The molecule has 0 fully saturated rings. The lowest BCUT2D eigenvalue weighted by molar-refractivity contribution is 0.294. The number of nitrogens with one attached hydrogen (secondary N) is 1. The molecule has 3 aromatic rings. The highest BCUT2D eigenvalue weighted by Gasteiger charge is 2.17. The standard InChI is InChI=1S/C22H27FN2O/c1-4-13-25-14-18(11-12-24-3)21-20(25)10-9-19(23)22(21)26-15-17-7-5-16(2)6-8-17/h5-10,14,24H,4,11-13,15H2,1-3H3. The lowest BCUT2D eigenvalue weighted by Crippen LogP contribution is -2.10. The number of aryl methyl sites for hydroxylation is 2. The monoisotopic (exact) mass is 354 g/mol. The van der Waals surface area contributed by atoms with Crippen LogP contribution in [0.5, 0.6) is 5.75 Å². The molecule has 0 amide bonds. The first-order chi connectivity index (χ1) is 12.6. The van der Waals surface area contributed by atoms with Crippen molar-refractivity contribution in [3.8, 4) is 5.75 Å². The smallest absolute Gasteiger partial charge is 0.165 e. The number of aromatic nitrogens is 1. The van der Waals surface area contributed by atoms with Crippen LogP contribution in [0.15, 0.2) is 42.6 Å². The molecule has 0 aliphatic rings. The summed E-state index contributed by atoms with van der Waals surface area (Å²) in [5, 5.41) is 4.08. The second-order valence-electron chi connectivity index (χ2n) is 6.75. The third-order valence-corrected chi connectivity index (χ3v) is 4.64. The topological polar surface area (TPSA) is 26.2 Å². The van der Waals surface area contributed by atoms with E-state index in [0.717, 1.165) is 48.0 Å². The van der Waals surface area contributed by atoms with E-state index in [1.165, 1.54) is 11.6 Å². The average Bonchev–Trinajstić information content (AvgIpc) is 2.98. The number of ether oxygens (including phenoxy) is 1. The SMILES string of the molecule is CCCn1cc(CCNC)c2c(OCc3ccc(C)cc3)c(F)ccc21. The molecular formula is C22H27FN2O. The fourth-order valence-corrected chi connectivity index (χ4v) is 3.27. The molecule has 0 radical (unpaired) electrons. The Kier molecular flexibility index (Phi) is 5.94. The van der Waals surface area contributed by atoms with Crippen molar-refractivity contribution in [1.29, 1.82) is 0 Å². The molecule has 0 bridgehead atoms. The zero-order chi connectivity index (χ0) is 18.5. The molecule has 1 aromatic heterocycles. The number of benzene rings is 2. The Morgan fingerprint density at radius 2 is 1.88 bits per heavy atom. The number of likely N-dealkylation sites (N-methyl/N-ethyl adjacent to an activating group) is 1. The molecule has 0 saturated carbocycles. The largest absolute Gasteiger partial charge is 0.485 e. The maximum Gasteiger partial charge on any atom is 0.165 e. The van der Waals surface area contributed by atoms with Crippen molar-refractivity contribution in [2.24, 2.45) is 0 Å². The summed E-state index contributed by atoms with van der Waals surface area (Å²) in [6.07, 6.45) is 4.02. The quantitative estimate of drug-likeness (QED) is 0.626. The van der Waals surface area contributed by atoms with Crippen LogP contribution in [0.25, 0.3) is 10.9 Å². The van der Waals surface area contributed by atoms with Gasteiger partial charge in [-0.15, -0.1) is 0 Å². The molecule has 138 valence electrons. The second kappa shape index (κ2) is 8.37. The van der Waals surface area contributed by atoms with Gasteiger partial charge >= 0.3 is 0 Å². The molecular weight excluding hydrogens is 327 g/mol. The van der Waals surface area contributed by atoms with Crippen molar-refractivity contribution >= 4 is 10.9 Å². The van der Waals surface area contributed by atoms with Crippen LogP contribution in [-0.4, -0.2) is 18.2 Å². The first-order valence-corrected chi connectivity index (χ1v) is 9.27. The molecule has 3 rings (SSSR count). The summed E-state index contributed by atoms with van der Waals surface area (Å²) in [5.41, 5.74) is 4.41. The van der Waals surface area contributed by atoms with Crippen LogP contribution in [-0.2, 0) is 19.6 Å². The van der Waals surface area contributed by atoms with Gasteiger partial charge in [-0.25, -0.2) is 4.39 Å². The van der Waals surface area contributed by atoms with Gasteiger partial charge < -0.3 is 14.6 Å². The molecule has 0 aliphatic carbocycles. The summed E-state index contributed by atoms with van der Waals surface area (Å²) in [7, 11) is 1.93. The number of rotatable bonds is 8. The first kappa shape index (κ1) is 18.5. The fraction of sp³-hybridized carbons (Fsp3) is 0.364. The molecule has 3 nitrogen and oxygen atoms in total. The Morgan fingerprint density at radius 3 is 2.58 bits per heavy atom. The Hall–Kier alpha value is -2.33. The van der Waals surface area contributed by atoms with Crippen LogP contribution in [0.1, 0.15) is 30.0 Å². The summed E-state index contributed by atoms with van der Waals surface area (Å²) in [6, 6.07) is 11.5. The normalized spacial score (nSPS) is 11.2. The molecule has 4 heteroatoms. The second-order valence-corrected chi connectivity index (χ2v) is 6.75. The van der Waals surface area contributed by atoms with Gasteiger partial charge in [0.25, 0.3) is 0 Å². The molecule has 1 N–H and O–H groups in total. The van der Waals surface area contributed by atoms with Gasteiger partial charge in [0.1, 0.15) is 6.61 Å². The van der Waals surface area contributed by atoms with Crippen molar-refractivity contribution in [2.75, 3.05) is 13.6 Å². The van der Waals surface area contributed by atoms with E-state index in [1.54, 1.807) is 0 Å². The van der Waals surface area contributed by atoms with Gasteiger partial charge in [0.05, 0.1) is 5.52 Å². The molecule has 0 unspecified atom stereocenters. The lowest BCUT2D eigenvalue weighted by atomic mass is 10.1. The summed E-state index contributed by atoms with van der Waals surface area (Å²) in [6.45, 7) is 6.33. The number of hydrogen-bond acceptors (Lipinski definition) is 2. The molecule has 0 saturated heterocycles. The van der Waals surface area contributed by atoms with Crippen molar-refractivity contribution in [1.82, 2.24) is 9.88 Å². The number of halogens is 1. The lowest BCUT2D eigenvalue weighted by Gasteiger charge is -2.11. The van der Waals surface area contributed by atoms with Gasteiger partial charge in [-0.2, -0.15) is 0 Å². The minimum atomic E-state index is -0.301. The number of fused-ring (bicyclic) bond motifs is 1. The summed E-state index contributed by atoms with van der Waals surface area (Å²) >= 11 is 0. The first-order valence-electron chi connectivity index (χ1n) is 9.27. The molecule has 0 spiro atoms. The fourth-order valence-electron chi connectivity index (χ4n) is 3.27. The van der Waals surface area contributed by atoms with E-state index in [2.05, 4.69) is 29.9 Å². The van der Waals surface area contributed by atoms with Crippen molar-refractivity contribution < 1.29 is 9.13 Å². The maximum atomic E-state index is 14.6. The molecule has 2 aromatic carbocycles. The van der Waals surface area contributed by atoms with Crippen LogP contribution < -0.4 is 10.1 Å². The molecule has 1 heterocycles. The Balaban J connectivity index is 1.98. The van der Waals surface area contributed by atoms with Crippen LogP contribution in [0.2, 0.25) is 0 Å². The number of hydrogen-bond donors (Lipinski definition) is 1. The Morgan fingerprint density at radius 1 is 1.12 bits per heavy atom. The van der Waals surface area contributed by atoms with Gasteiger partial charge in [-0.3, -0.25) is 0 Å². The molecule has 26 heavy (non-hydrogen) atoms. The van der Waals surface area contributed by atoms with E-state index in [1.807, 2.05) is 37.4 Å². The highest BCUT2D eigenvalue weighted by Crippen LogP contribution is 2.34. The van der Waals surface area contributed by atoms with Gasteiger partial charge in [0.15, 0.2) is 11.6 Å². The average molecular weight is 354 g/mol. The van der Waals surface area contributed by atoms with E-state index in [9.17, 15) is 4.39 Å². The van der Waals surface area contributed by atoms with Crippen LogP contribution in [0.4, 0.5) is 4.39 Å². The van der Waals surface area contributed by atoms with E-state index in [-0.39, 0.29) is 5.82 Å². The minimum absolute atomic E-state index is 0.301. The predicted molar refractivity (Wildman–Crippen MR) is 105 cm³/mol. The summed E-state index contributed by atoms with van der Waals surface area (Å²) in [5.74, 6) is 0.0635. The van der Waals surface area contributed by atoms with E-state index in [0.29, 0.717) is 12.4 Å². The zero-order valence-corrected chi connectivity index (χ0v) is 15.8. The number of nitrogens with zero attached hydrogens (tertiary/aromatic N) is 1. The van der Waals surface area contributed by atoms with Crippen LogP contribution in [0, 0.1) is 12.7 Å². The van der Waals surface area contributed by atoms with E-state index >= 15 is 0 Å². The maximum absolute atomic E-state index is 14.6. The molecule has 0 aliphatic heterocycles. The highest BCUT2D eigenvalue weighted by atomic mass is 19.1. The predicted octanol–water partition coefficient (Wildman–Crippen LogP) is 4.84. The van der Waals surface area contributed by atoms with Crippen LogP contribution >= 0.6 is 0 Å². The van der Waals surface area contributed by atoms with E-state index in [4.69, 9.17) is 4.74 Å². The highest BCUT2D eigenvalue weighted by molar-refractivity contribution is 5.90. The minimum Gasteiger partial charge on any atom is -0.485 e. The molecule has 0 atom stereocenters. The van der Waals surface area contributed by atoms with Gasteiger partial charge in [0.2, 0.25) is 0 Å². The Bertz CT molecular complexity index is 868. The van der Waals surface area contributed by atoms with Crippen molar-refractivity contribution in [3.63, 3.8) is 0 Å².